The fourth-order valence-electron chi connectivity index (χ4n) is 9.32. The molecule has 2 aliphatic heterocycles. The second-order valence-corrected chi connectivity index (χ2v) is 18.5. The Morgan fingerprint density at radius 1 is 0.781 bits per heavy atom. The third-order valence-corrected chi connectivity index (χ3v) is 13.1. The second-order valence-electron chi connectivity index (χ2n) is 18.5. The highest BCUT2D eigenvalue weighted by molar-refractivity contribution is 5.88. The summed E-state index contributed by atoms with van der Waals surface area (Å²) in [6.07, 6.45) is 14.0. The van der Waals surface area contributed by atoms with E-state index in [2.05, 4.69) is 76.1 Å². The van der Waals surface area contributed by atoms with Gasteiger partial charge in [-0.05, 0) is 66.2 Å². The number of ether oxygens (including phenoxy) is 3. The van der Waals surface area contributed by atoms with Crippen molar-refractivity contribution in [1.82, 2.24) is 40.4 Å². The summed E-state index contributed by atoms with van der Waals surface area (Å²) in [5.41, 5.74) is 5.09. The SMILES string of the molecule is COCC1CC(c2ncc(-c3ccc(-c4ccc(-c5cnc(C6CC(C)CN6C(=O)C(NC(=O)OC6CC6)C6(C)C=CC=CC6)[nH]5)cc4)cc3)[nH]2)N(C(=O)C(NC(=O)OC)C(C)C)C1. The van der Waals surface area contributed by atoms with Gasteiger partial charge in [-0.1, -0.05) is 101 Å². The summed E-state index contributed by atoms with van der Waals surface area (Å²) in [6, 6.07) is 14.4. The lowest BCUT2D eigenvalue weighted by molar-refractivity contribution is -0.137. The van der Waals surface area contributed by atoms with Crippen LogP contribution in [-0.4, -0.2) is 106 Å². The smallest absolute Gasteiger partial charge is 0.408 e. The molecule has 2 aromatic heterocycles. The number of aromatic amines is 2. The lowest BCUT2D eigenvalue weighted by Crippen LogP contribution is -2.56. The van der Waals surface area contributed by atoms with E-state index in [9.17, 15) is 19.2 Å². The zero-order valence-corrected chi connectivity index (χ0v) is 37.5. The van der Waals surface area contributed by atoms with E-state index in [1.165, 1.54) is 7.11 Å². The number of hydrogen-bond donors (Lipinski definition) is 4. The van der Waals surface area contributed by atoms with Crippen LogP contribution < -0.4 is 10.6 Å². The van der Waals surface area contributed by atoms with Crippen molar-refractivity contribution in [3.8, 4) is 33.6 Å². The van der Waals surface area contributed by atoms with Gasteiger partial charge in [-0.2, -0.15) is 0 Å². The maximum atomic E-state index is 14.5. The van der Waals surface area contributed by atoms with E-state index in [0.717, 1.165) is 58.7 Å². The van der Waals surface area contributed by atoms with E-state index < -0.39 is 29.7 Å². The second kappa shape index (κ2) is 18.9. The van der Waals surface area contributed by atoms with Gasteiger partial charge in [0.2, 0.25) is 11.8 Å². The first kappa shape index (κ1) is 44.4. The van der Waals surface area contributed by atoms with Crippen LogP contribution in [0.3, 0.4) is 0 Å². The molecule has 4 N–H and O–H groups in total. The minimum atomic E-state index is -0.794. The summed E-state index contributed by atoms with van der Waals surface area (Å²) in [6.45, 7) is 9.49. The number of imidazole rings is 2. The average Bonchev–Trinajstić information content (AvgIpc) is 3.70. The minimum Gasteiger partial charge on any atom is -0.453 e. The molecule has 4 aromatic rings. The molecule has 0 radical (unpaired) electrons. The Hall–Kier alpha value is -6.22. The Bertz CT molecular complexity index is 2370. The molecular weight excluding hydrogens is 813 g/mol. The van der Waals surface area contributed by atoms with Gasteiger partial charge in [-0.25, -0.2) is 19.6 Å². The number of rotatable bonds is 14. The van der Waals surface area contributed by atoms with Crippen LogP contribution in [0.4, 0.5) is 9.59 Å². The fraction of sp³-hybridized carbons (Fsp3) is 0.469. The van der Waals surface area contributed by atoms with Crippen LogP contribution in [0.15, 0.2) is 85.2 Å². The predicted octanol–water partition coefficient (Wildman–Crippen LogP) is 7.74. The van der Waals surface area contributed by atoms with Crippen LogP contribution in [0.1, 0.15) is 83.5 Å². The Morgan fingerprint density at radius 2 is 1.36 bits per heavy atom. The number of hydrogen-bond acceptors (Lipinski definition) is 9. The van der Waals surface area contributed by atoms with Crippen molar-refractivity contribution in [1.29, 1.82) is 0 Å². The minimum absolute atomic E-state index is 0.0707. The molecule has 4 heterocycles. The third kappa shape index (κ3) is 9.64. The van der Waals surface area contributed by atoms with Crippen molar-refractivity contribution >= 4 is 24.0 Å². The maximum Gasteiger partial charge on any atom is 0.408 e. The number of nitrogens with zero attached hydrogens (tertiary/aromatic N) is 4. The van der Waals surface area contributed by atoms with Crippen molar-refractivity contribution in [3.63, 3.8) is 0 Å². The molecule has 7 unspecified atom stereocenters. The number of likely N-dealkylation sites (tertiary alicyclic amines) is 2. The van der Waals surface area contributed by atoms with Crippen molar-refractivity contribution in [2.75, 3.05) is 33.9 Å². The summed E-state index contributed by atoms with van der Waals surface area (Å²) in [5.74, 6) is 1.30. The molecule has 2 saturated heterocycles. The van der Waals surface area contributed by atoms with Gasteiger partial charge in [0.05, 0.1) is 49.6 Å². The zero-order chi connectivity index (χ0) is 45.1. The van der Waals surface area contributed by atoms with Gasteiger partial charge in [0.25, 0.3) is 0 Å². The highest BCUT2D eigenvalue weighted by Gasteiger charge is 2.46. The van der Waals surface area contributed by atoms with Crippen LogP contribution >= 0.6 is 0 Å². The molecule has 4 aliphatic rings. The molecule has 7 atom stereocenters. The monoisotopic (exact) mass is 872 g/mol. The topological polar surface area (TPSA) is 184 Å². The quantitative estimate of drug-likeness (QED) is 0.0985. The van der Waals surface area contributed by atoms with Crippen LogP contribution in [0.25, 0.3) is 33.6 Å². The van der Waals surface area contributed by atoms with Crippen LogP contribution in [0, 0.1) is 23.2 Å². The first-order chi connectivity index (χ1) is 30.8. The predicted molar refractivity (Wildman–Crippen MR) is 241 cm³/mol. The normalized spacial score (nSPS) is 23.9. The molecule has 64 heavy (non-hydrogen) atoms. The first-order valence-corrected chi connectivity index (χ1v) is 22.4. The standard InChI is InChI=1S/C49H60N8O7/c1-29(2)41(54-47(60)63-6)45(58)57-27-31(28-62-5)23-40(57)44-51-25-38(53-44)35-16-12-33(13-17-35)32-10-14-34(15-11-32)37-24-50-43(52-37)39-22-30(3)26-56(39)46(59)42(49(4)20-8-7-9-21-49)55-48(61)64-36-18-19-36/h7-17,20,24-25,29-31,36,39-42H,18-19,21-23,26-28H2,1-6H3,(H,50,52)(H,51,53)(H,54,60)(H,55,61). The van der Waals surface area contributed by atoms with Crippen molar-refractivity contribution in [3.05, 3.63) is 96.9 Å². The van der Waals surface area contributed by atoms with E-state index in [-0.39, 0.29) is 47.8 Å². The third-order valence-electron chi connectivity index (χ3n) is 13.1. The van der Waals surface area contributed by atoms with Gasteiger partial charge in [-0.15, -0.1) is 0 Å². The summed E-state index contributed by atoms with van der Waals surface area (Å²) < 4.78 is 15.8. The van der Waals surface area contributed by atoms with Crippen LogP contribution in [0.5, 0.6) is 0 Å². The number of H-pyrrole nitrogens is 2. The van der Waals surface area contributed by atoms with E-state index in [4.69, 9.17) is 24.2 Å². The number of methoxy groups -OCH3 is 2. The first-order valence-electron chi connectivity index (χ1n) is 22.4. The summed E-state index contributed by atoms with van der Waals surface area (Å²) >= 11 is 0. The highest BCUT2D eigenvalue weighted by atomic mass is 16.6. The molecule has 2 aliphatic carbocycles. The highest BCUT2D eigenvalue weighted by Crippen LogP contribution is 2.40. The Kier molecular flexibility index (Phi) is 13.1. The molecule has 1 saturated carbocycles. The zero-order valence-electron chi connectivity index (χ0n) is 37.5. The molecular formula is C49H60N8O7. The molecule has 338 valence electrons. The number of aromatic nitrogens is 4. The molecule has 15 nitrogen and oxygen atoms in total. The summed E-state index contributed by atoms with van der Waals surface area (Å²) in [5, 5.41) is 5.67. The summed E-state index contributed by atoms with van der Waals surface area (Å²) in [4.78, 5) is 73.6. The van der Waals surface area contributed by atoms with E-state index in [0.29, 0.717) is 38.4 Å². The number of allylic oxidation sites excluding steroid dienone is 3. The number of nitrogens with one attached hydrogen (secondary N) is 4. The number of alkyl carbamates (subject to hydrolysis) is 2. The Balaban J connectivity index is 0.942. The Labute approximate surface area is 374 Å². The van der Waals surface area contributed by atoms with Gasteiger partial charge < -0.3 is 44.6 Å². The van der Waals surface area contributed by atoms with Gasteiger partial charge >= 0.3 is 12.2 Å². The van der Waals surface area contributed by atoms with Gasteiger partial charge in [0.1, 0.15) is 29.8 Å². The van der Waals surface area contributed by atoms with E-state index >= 15 is 0 Å². The maximum absolute atomic E-state index is 14.5. The molecule has 8 rings (SSSR count). The van der Waals surface area contributed by atoms with E-state index in [1.54, 1.807) is 18.2 Å². The number of benzene rings is 2. The van der Waals surface area contributed by atoms with Crippen molar-refractivity contribution in [2.45, 2.75) is 90.1 Å². The number of carbonyl (C=O) groups is 4. The molecule has 3 fully saturated rings. The molecule has 2 aromatic carbocycles. The van der Waals surface area contributed by atoms with Crippen molar-refractivity contribution < 1.29 is 33.4 Å². The lowest BCUT2D eigenvalue weighted by Gasteiger charge is -2.38. The number of carbonyl (C=O) groups excluding carboxylic acids is 4. The molecule has 0 spiro atoms. The molecule has 15 heteroatoms. The summed E-state index contributed by atoms with van der Waals surface area (Å²) in [7, 11) is 2.94. The van der Waals surface area contributed by atoms with Gasteiger partial charge in [0.15, 0.2) is 0 Å². The van der Waals surface area contributed by atoms with Gasteiger partial charge in [-0.3, -0.25) is 9.59 Å². The largest absolute Gasteiger partial charge is 0.453 e. The number of amides is 4. The molecule has 0 bridgehead atoms. The molecule has 4 amide bonds. The van der Waals surface area contributed by atoms with Gasteiger partial charge in [0, 0.05) is 31.5 Å². The lowest BCUT2D eigenvalue weighted by atomic mass is 9.76. The van der Waals surface area contributed by atoms with E-state index in [1.807, 2.05) is 56.2 Å². The van der Waals surface area contributed by atoms with Crippen LogP contribution in [0.2, 0.25) is 0 Å². The van der Waals surface area contributed by atoms with Crippen LogP contribution in [-0.2, 0) is 23.8 Å². The Morgan fingerprint density at radius 3 is 1.89 bits per heavy atom. The van der Waals surface area contributed by atoms with Crippen molar-refractivity contribution in [2.24, 2.45) is 23.2 Å². The fourth-order valence-corrected chi connectivity index (χ4v) is 9.32. The average molecular weight is 873 g/mol.